The normalized spacial score (nSPS) is 17.7. The predicted molar refractivity (Wildman–Crippen MR) is 99.6 cm³/mol. The summed E-state index contributed by atoms with van der Waals surface area (Å²) in [4.78, 5) is 22.7. The SMILES string of the molecule is Cc1ncsc1-c1nc2ccccc2n1CC(=O)N[C@H]1CCCNC1. The van der Waals surface area contributed by atoms with Gasteiger partial charge in [0.1, 0.15) is 6.54 Å². The van der Waals surface area contributed by atoms with Crippen molar-refractivity contribution < 1.29 is 4.79 Å². The van der Waals surface area contributed by atoms with Crippen molar-refractivity contribution in [1.29, 1.82) is 0 Å². The van der Waals surface area contributed by atoms with Gasteiger partial charge in [0.2, 0.25) is 5.91 Å². The third-order valence-electron chi connectivity index (χ3n) is 4.57. The predicted octanol–water partition coefficient (Wildman–Crippen LogP) is 2.34. The standard InChI is InChI=1S/C18H21N5OS/c1-12-17(25-11-20-12)18-22-14-6-2-3-7-15(14)23(18)10-16(24)21-13-5-4-8-19-9-13/h2-3,6-7,11,13,19H,4-5,8-10H2,1H3,(H,21,24)/t13-/m0/s1. The zero-order valence-corrected chi connectivity index (χ0v) is 15.0. The van der Waals surface area contributed by atoms with E-state index in [2.05, 4.69) is 15.6 Å². The van der Waals surface area contributed by atoms with Gasteiger partial charge in [-0.05, 0) is 38.4 Å². The summed E-state index contributed by atoms with van der Waals surface area (Å²) in [7, 11) is 0. The molecule has 25 heavy (non-hydrogen) atoms. The smallest absolute Gasteiger partial charge is 0.240 e. The number of benzene rings is 1. The van der Waals surface area contributed by atoms with Crippen LogP contribution in [0.15, 0.2) is 29.8 Å². The monoisotopic (exact) mass is 355 g/mol. The molecule has 2 N–H and O–H groups in total. The van der Waals surface area contributed by atoms with E-state index in [9.17, 15) is 4.79 Å². The second-order valence-corrected chi connectivity index (χ2v) is 7.24. The van der Waals surface area contributed by atoms with E-state index in [4.69, 9.17) is 4.98 Å². The lowest BCUT2D eigenvalue weighted by Crippen LogP contribution is -2.46. The third-order valence-corrected chi connectivity index (χ3v) is 5.49. The van der Waals surface area contributed by atoms with Crippen LogP contribution >= 0.6 is 11.3 Å². The lowest BCUT2D eigenvalue weighted by molar-refractivity contribution is -0.122. The van der Waals surface area contributed by atoms with E-state index in [1.54, 1.807) is 11.3 Å². The van der Waals surface area contributed by atoms with Gasteiger partial charge in [0, 0.05) is 12.6 Å². The molecule has 3 heterocycles. The number of carbonyl (C=O) groups excluding carboxylic acids is 1. The number of hydrogen-bond acceptors (Lipinski definition) is 5. The molecule has 0 unspecified atom stereocenters. The highest BCUT2D eigenvalue weighted by Gasteiger charge is 2.20. The van der Waals surface area contributed by atoms with Gasteiger partial charge >= 0.3 is 0 Å². The Bertz CT molecular complexity index is 894. The van der Waals surface area contributed by atoms with Crippen molar-refractivity contribution in [3.05, 3.63) is 35.5 Å². The van der Waals surface area contributed by atoms with Crippen LogP contribution in [0.4, 0.5) is 0 Å². The second kappa shape index (κ2) is 6.93. The quantitative estimate of drug-likeness (QED) is 0.753. The van der Waals surface area contributed by atoms with Crippen molar-refractivity contribution >= 4 is 28.3 Å². The number of thiazole rings is 1. The molecule has 0 radical (unpaired) electrons. The van der Waals surface area contributed by atoms with Crippen molar-refractivity contribution in [2.24, 2.45) is 0 Å². The van der Waals surface area contributed by atoms with Gasteiger partial charge in [0.25, 0.3) is 0 Å². The number of carbonyl (C=O) groups is 1. The van der Waals surface area contributed by atoms with E-state index < -0.39 is 0 Å². The summed E-state index contributed by atoms with van der Waals surface area (Å²) in [6, 6.07) is 8.15. The largest absolute Gasteiger partial charge is 0.351 e. The summed E-state index contributed by atoms with van der Waals surface area (Å²) in [6.45, 7) is 4.12. The van der Waals surface area contributed by atoms with Gasteiger partial charge in [-0.25, -0.2) is 9.97 Å². The first-order valence-corrected chi connectivity index (χ1v) is 9.46. The molecule has 0 aliphatic carbocycles. The molecule has 0 spiro atoms. The number of hydrogen-bond donors (Lipinski definition) is 2. The maximum Gasteiger partial charge on any atom is 0.240 e. The van der Waals surface area contributed by atoms with Gasteiger partial charge in [0.05, 0.1) is 27.1 Å². The molecule has 4 rings (SSSR count). The summed E-state index contributed by atoms with van der Waals surface area (Å²) in [5, 5.41) is 6.48. The fourth-order valence-corrected chi connectivity index (χ4v) is 4.12. The number of piperidine rings is 1. The van der Waals surface area contributed by atoms with Crippen LogP contribution in [0.3, 0.4) is 0 Å². The number of nitrogens with one attached hydrogen (secondary N) is 2. The molecule has 1 aliphatic rings. The van der Waals surface area contributed by atoms with Crippen LogP contribution < -0.4 is 10.6 Å². The van der Waals surface area contributed by atoms with E-state index in [0.29, 0.717) is 0 Å². The van der Waals surface area contributed by atoms with Gasteiger partial charge in [0.15, 0.2) is 5.82 Å². The fourth-order valence-electron chi connectivity index (χ4n) is 3.32. The second-order valence-electron chi connectivity index (χ2n) is 6.39. The molecule has 0 saturated carbocycles. The van der Waals surface area contributed by atoms with Crippen molar-refractivity contribution in [3.8, 4) is 10.7 Å². The molecule has 6 nitrogen and oxygen atoms in total. The van der Waals surface area contributed by atoms with Gasteiger partial charge < -0.3 is 15.2 Å². The third kappa shape index (κ3) is 3.29. The number of fused-ring (bicyclic) bond motifs is 1. The Morgan fingerprint density at radius 3 is 3.08 bits per heavy atom. The maximum atomic E-state index is 12.6. The summed E-state index contributed by atoms with van der Waals surface area (Å²) in [5.41, 5.74) is 4.64. The summed E-state index contributed by atoms with van der Waals surface area (Å²) in [5.74, 6) is 0.846. The highest BCUT2D eigenvalue weighted by atomic mass is 32.1. The van der Waals surface area contributed by atoms with Gasteiger partial charge in [-0.1, -0.05) is 12.1 Å². The topological polar surface area (TPSA) is 71.8 Å². The molecule has 1 aliphatic heterocycles. The molecule has 2 aromatic heterocycles. The zero-order chi connectivity index (χ0) is 17.2. The van der Waals surface area contributed by atoms with Crippen molar-refractivity contribution in [2.45, 2.75) is 32.4 Å². The Morgan fingerprint density at radius 1 is 1.44 bits per heavy atom. The van der Waals surface area contributed by atoms with Gasteiger partial charge in [-0.15, -0.1) is 11.3 Å². The van der Waals surface area contributed by atoms with Crippen LogP contribution in [0.5, 0.6) is 0 Å². The van der Waals surface area contributed by atoms with Gasteiger partial charge in [-0.2, -0.15) is 0 Å². The number of nitrogens with zero attached hydrogens (tertiary/aromatic N) is 3. The Labute approximate surface area is 150 Å². The minimum atomic E-state index is 0.0280. The van der Waals surface area contributed by atoms with Crippen LogP contribution in [0.2, 0.25) is 0 Å². The molecular weight excluding hydrogens is 334 g/mol. The Hall–Kier alpha value is -2.25. The number of aromatic nitrogens is 3. The van der Waals surface area contributed by atoms with Crippen molar-refractivity contribution in [3.63, 3.8) is 0 Å². The fraction of sp³-hybridized carbons (Fsp3) is 0.389. The molecule has 1 aromatic carbocycles. The Balaban J connectivity index is 1.65. The van der Waals surface area contributed by atoms with E-state index in [-0.39, 0.29) is 18.5 Å². The summed E-state index contributed by atoms with van der Waals surface area (Å²) in [6.07, 6.45) is 2.13. The molecule has 130 valence electrons. The minimum Gasteiger partial charge on any atom is -0.351 e. The minimum absolute atomic E-state index is 0.0280. The Kier molecular flexibility index (Phi) is 4.50. The first-order chi connectivity index (χ1) is 12.2. The van der Waals surface area contributed by atoms with Crippen LogP contribution in [0, 0.1) is 6.92 Å². The number of rotatable bonds is 4. The van der Waals surface area contributed by atoms with E-state index in [1.807, 2.05) is 41.3 Å². The highest BCUT2D eigenvalue weighted by molar-refractivity contribution is 7.13. The Morgan fingerprint density at radius 2 is 2.32 bits per heavy atom. The molecule has 3 aromatic rings. The van der Waals surface area contributed by atoms with E-state index in [1.165, 1.54) is 0 Å². The molecule has 0 bridgehead atoms. The molecule has 7 heteroatoms. The lowest BCUT2D eigenvalue weighted by Gasteiger charge is -2.24. The zero-order valence-electron chi connectivity index (χ0n) is 14.2. The van der Waals surface area contributed by atoms with Crippen molar-refractivity contribution in [1.82, 2.24) is 25.2 Å². The van der Waals surface area contributed by atoms with Crippen LogP contribution in [-0.4, -0.2) is 39.6 Å². The average molecular weight is 355 g/mol. The summed E-state index contributed by atoms with van der Waals surface area (Å²) < 4.78 is 2.00. The van der Waals surface area contributed by atoms with E-state index >= 15 is 0 Å². The molecular formula is C18H21N5OS. The summed E-state index contributed by atoms with van der Waals surface area (Å²) >= 11 is 1.56. The average Bonchev–Trinajstić information content (AvgIpc) is 3.19. The number of para-hydroxylation sites is 2. The molecule has 1 amide bonds. The van der Waals surface area contributed by atoms with Crippen LogP contribution in [0.25, 0.3) is 21.7 Å². The number of aryl methyl sites for hydroxylation is 1. The first kappa shape index (κ1) is 16.2. The lowest BCUT2D eigenvalue weighted by atomic mass is 10.1. The highest BCUT2D eigenvalue weighted by Crippen LogP contribution is 2.29. The molecule has 1 fully saturated rings. The first-order valence-electron chi connectivity index (χ1n) is 8.58. The van der Waals surface area contributed by atoms with Crippen LogP contribution in [-0.2, 0) is 11.3 Å². The van der Waals surface area contributed by atoms with Crippen LogP contribution in [0.1, 0.15) is 18.5 Å². The maximum absolute atomic E-state index is 12.6. The molecule has 1 atom stereocenters. The van der Waals surface area contributed by atoms with E-state index in [0.717, 1.165) is 53.4 Å². The van der Waals surface area contributed by atoms with Crippen molar-refractivity contribution in [2.75, 3.05) is 13.1 Å². The molecule has 1 saturated heterocycles. The van der Waals surface area contributed by atoms with Gasteiger partial charge in [-0.3, -0.25) is 4.79 Å². The number of amides is 1. The number of imidazole rings is 1.